The third-order valence-electron chi connectivity index (χ3n) is 4.11. The number of rotatable bonds is 6. The molecule has 0 unspecified atom stereocenters. The van der Waals surface area contributed by atoms with Crippen molar-refractivity contribution >= 4 is 11.9 Å². The summed E-state index contributed by atoms with van der Waals surface area (Å²) in [5.74, 6) is -1.62. The molecule has 0 amide bonds. The number of hydrogen-bond donors (Lipinski definition) is 2. The first-order valence-electron chi connectivity index (χ1n) is 6.77. The van der Waals surface area contributed by atoms with Crippen LogP contribution >= 0.6 is 0 Å². The molecule has 20 heavy (non-hydrogen) atoms. The number of carboxylic acids is 2. The molecule has 0 bridgehead atoms. The number of carbonyl (C=O) groups is 2. The third kappa shape index (κ3) is 3.59. The lowest BCUT2D eigenvalue weighted by Gasteiger charge is -2.20. The summed E-state index contributed by atoms with van der Waals surface area (Å²) in [6.45, 7) is 7.99. The van der Waals surface area contributed by atoms with Crippen molar-refractivity contribution in [3.8, 4) is 0 Å². The van der Waals surface area contributed by atoms with E-state index >= 15 is 0 Å². The molecule has 0 heterocycles. The van der Waals surface area contributed by atoms with E-state index in [2.05, 4.69) is 0 Å². The van der Waals surface area contributed by atoms with E-state index < -0.39 is 11.9 Å². The Morgan fingerprint density at radius 1 is 0.700 bits per heavy atom. The van der Waals surface area contributed by atoms with Crippen LogP contribution in [0.4, 0.5) is 0 Å². The molecule has 0 radical (unpaired) electrons. The summed E-state index contributed by atoms with van der Waals surface area (Å²) in [5, 5.41) is 17.7. The average molecular weight is 278 g/mol. The predicted octanol–water partition coefficient (Wildman–Crippen LogP) is 2.95. The smallest absolute Gasteiger partial charge is 0.303 e. The van der Waals surface area contributed by atoms with E-state index in [9.17, 15) is 9.59 Å². The van der Waals surface area contributed by atoms with E-state index in [0.717, 1.165) is 33.4 Å². The van der Waals surface area contributed by atoms with Gasteiger partial charge in [0.2, 0.25) is 0 Å². The van der Waals surface area contributed by atoms with Gasteiger partial charge in [-0.05, 0) is 73.9 Å². The van der Waals surface area contributed by atoms with Crippen molar-refractivity contribution in [3.63, 3.8) is 0 Å². The molecule has 0 fully saturated rings. The van der Waals surface area contributed by atoms with Gasteiger partial charge in [-0.15, -0.1) is 0 Å². The highest BCUT2D eigenvalue weighted by Crippen LogP contribution is 2.28. The lowest BCUT2D eigenvalue weighted by Crippen LogP contribution is -2.09. The molecule has 1 aromatic rings. The minimum absolute atomic E-state index is 0.0998. The molecular formula is C16H22O4. The fourth-order valence-corrected chi connectivity index (χ4v) is 2.69. The van der Waals surface area contributed by atoms with Gasteiger partial charge >= 0.3 is 11.9 Å². The van der Waals surface area contributed by atoms with Crippen molar-refractivity contribution in [2.75, 3.05) is 0 Å². The maximum absolute atomic E-state index is 10.8. The van der Waals surface area contributed by atoms with Crippen LogP contribution in [0.3, 0.4) is 0 Å². The fourth-order valence-electron chi connectivity index (χ4n) is 2.69. The molecule has 4 heteroatoms. The third-order valence-corrected chi connectivity index (χ3v) is 4.11. The second-order valence-electron chi connectivity index (χ2n) is 5.24. The first-order chi connectivity index (χ1) is 9.25. The normalized spacial score (nSPS) is 10.6. The summed E-state index contributed by atoms with van der Waals surface area (Å²) in [5.41, 5.74) is 6.54. The van der Waals surface area contributed by atoms with Crippen molar-refractivity contribution in [2.45, 2.75) is 53.4 Å². The van der Waals surface area contributed by atoms with E-state index in [4.69, 9.17) is 10.2 Å². The molecule has 0 aliphatic rings. The van der Waals surface area contributed by atoms with Crippen LogP contribution < -0.4 is 0 Å². The highest BCUT2D eigenvalue weighted by molar-refractivity contribution is 5.68. The van der Waals surface area contributed by atoms with Crippen LogP contribution in [0.25, 0.3) is 0 Å². The zero-order valence-electron chi connectivity index (χ0n) is 12.5. The maximum atomic E-state index is 10.8. The van der Waals surface area contributed by atoms with E-state index in [0.29, 0.717) is 12.8 Å². The van der Waals surface area contributed by atoms with Crippen LogP contribution in [-0.2, 0) is 22.4 Å². The standard InChI is InChI=1S/C16H22O4/c1-9-10(2)13(5-7-15(17)18)12(4)14(11(9)3)6-8-16(19)20/h5-8H2,1-4H3,(H,17,18)(H,19,20). The predicted molar refractivity (Wildman–Crippen MR) is 77.3 cm³/mol. The summed E-state index contributed by atoms with van der Waals surface area (Å²) in [4.78, 5) is 21.5. The van der Waals surface area contributed by atoms with Gasteiger partial charge in [-0.2, -0.15) is 0 Å². The zero-order chi connectivity index (χ0) is 15.4. The summed E-state index contributed by atoms with van der Waals surface area (Å²) in [7, 11) is 0. The van der Waals surface area contributed by atoms with Gasteiger partial charge in [-0.1, -0.05) is 0 Å². The molecule has 0 saturated heterocycles. The largest absolute Gasteiger partial charge is 0.481 e. The molecule has 110 valence electrons. The summed E-state index contributed by atoms with van der Waals surface area (Å²) >= 11 is 0. The monoisotopic (exact) mass is 278 g/mol. The first kappa shape index (κ1) is 16.2. The maximum Gasteiger partial charge on any atom is 0.303 e. The quantitative estimate of drug-likeness (QED) is 0.839. The topological polar surface area (TPSA) is 74.6 Å². The van der Waals surface area contributed by atoms with Crippen LogP contribution in [0.1, 0.15) is 46.2 Å². The Labute approximate surface area is 119 Å². The van der Waals surface area contributed by atoms with Crippen LogP contribution in [0.5, 0.6) is 0 Å². The van der Waals surface area contributed by atoms with Gasteiger partial charge in [0.25, 0.3) is 0 Å². The van der Waals surface area contributed by atoms with Crippen molar-refractivity contribution in [3.05, 3.63) is 33.4 Å². The average Bonchev–Trinajstić information content (AvgIpc) is 2.35. The molecule has 0 saturated carbocycles. The van der Waals surface area contributed by atoms with Gasteiger partial charge in [-0.25, -0.2) is 0 Å². The van der Waals surface area contributed by atoms with Gasteiger partial charge in [-0.3, -0.25) is 9.59 Å². The molecule has 0 aliphatic heterocycles. The van der Waals surface area contributed by atoms with Gasteiger partial charge in [0, 0.05) is 12.8 Å². The SMILES string of the molecule is Cc1c(C)c(CCC(=O)O)c(C)c(CCC(=O)O)c1C. The minimum Gasteiger partial charge on any atom is -0.481 e. The zero-order valence-corrected chi connectivity index (χ0v) is 12.5. The van der Waals surface area contributed by atoms with Gasteiger partial charge in [0.15, 0.2) is 0 Å². The van der Waals surface area contributed by atoms with Crippen LogP contribution in [0.2, 0.25) is 0 Å². The van der Waals surface area contributed by atoms with Crippen LogP contribution in [0.15, 0.2) is 0 Å². The Balaban J connectivity index is 3.23. The molecule has 0 atom stereocenters. The Kier molecular flexibility index (Phi) is 5.31. The molecule has 0 aromatic heterocycles. The molecule has 1 aromatic carbocycles. The number of carboxylic acid groups (broad SMARTS) is 2. The van der Waals surface area contributed by atoms with E-state index in [1.54, 1.807) is 0 Å². The van der Waals surface area contributed by atoms with E-state index in [1.807, 2.05) is 27.7 Å². The van der Waals surface area contributed by atoms with Crippen LogP contribution in [-0.4, -0.2) is 22.2 Å². The fraction of sp³-hybridized carbons (Fsp3) is 0.500. The van der Waals surface area contributed by atoms with Gasteiger partial charge in [0.1, 0.15) is 0 Å². The van der Waals surface area contributed by atoms with Crippen molar-refractivity contribution in [2.24, 2.45) is 0 Å². The molecule has 0 spiro atoms. The summed E-state index contributed by atoms with van der Waals surface area (Å²) in [6.07, 6.45) is 1.19. The Morgan fingerprint density at radius 3 is 1.35 bits per heavy atom. The Morgan fingerprint density at radius 2 is 1.05 bits per heavy atom. The molecular weight excluding hydrogens is 256 g/mol. The Hall–Kier alpha value is -1.84. The second-order valence-corrected chi connectivity index (χ2v) is 5.24. The number of hydrogen-bond acceptors (Lipinski definition) is 2. The molecule has 1 rings (SSSR count). The highest BCUT2D eigenvalue weighted by atomic mass is 16.4. The molecule has 0 aliphatic carbocycles. The Bertz CT molecular complexity index is 499. The molecule has 2 N–H and O–H groups in total. The minimum atomic E-state index is -0.811. The second kappa shape index (κ2) is 6.55. The summed E-state index contributed by atoms with van der Waals surface area (Å²) < 4.78 is 0. The van der Waals surface area contributed by atoms with Gasteiger partial charge in [0.05, 0.1) is 0 Å². The van der Waals surface area contributed by atoms with E-state index in [1.165, 1.54) is 0 Å². The van der Waals surface area contributed by atoms with Gasteiger partial charge < -0.3 is 10.2 Å². The number of benzene rings is 1. The lowest BCUT2D eigenvalue weighted by atomic mass is 9.85. The van der Waals surface area contributed by atoms with Crippen molar-refractivity contribution < 1.29 is 19.8 Å². The molecule has 4 nitrogen and oxygen atoms in total. The summed E-state index contributed by atoms with van der Waals surface area (Å²) in [6, 6.07) is 0. The van der Waals surface area contributed by atoms with Crippen molar-refractivity contribution in [1.82, 2.24) is 0 Å². The van der Waals surface area contributed by atoms with Crippen LogP contribution in [0, 0.1) is 27.7 Å². The highest BCUT2D eigenvalue weighted by Gasteiger charge is 2.16. The number of aliphatic carboxylic acids is 2. The lowest BCUT2D eigenvalue weighted by molar-refractivity contribution is -0.137. The van der Waals surface area contributed by atoms with E-state index in [-0.39, 0.29) is 12.8 Å². The van der Waals surface area contributed by atoms with Crippen molar-refractivity contribution in [1.29, 1.82) is 0 Å². The first-order valence-corrected chi connectivity index (χ1v) is 6.77.